The molecular formula is C23H29N3O5. The maximum atomic E-state index is 12.1. The van der Waals surface area contributed by atoms with Crippen LogP contribution in [0.4, 0.5) is 0 Å². The maximum absolute atomic E-state index is 12.1. The van der Waals surface area contributed by atoms with Crippen LogP contribution in [0, 0.1) is 0 Å². The topological polar surface area (TPSA) is 98.2 Å². The summed E-state index contributed by atoms with van der Waals surface area (Å²) in [6, 6.07) is 12.2. The van der Waals surface area contributed by atoms with Gasteiger partial charge in [0.15, 0.2) is 11.5 Å². The Labute approximate surface area is 182 Å². The summed E-state index contributed by atoms with van der Waals surface area (Å²) in [7, 11) is 1.58. The highest BCUT2D eigenvalue weighted by atomic mass is 16.5. The van der Waals surface area contributed by atoms with Crippen LogP contribution < -0.4 is 25.0 Å². The molecule has 0 spiro atoms. The van der Waals surface area contributed by atoms with Crippen molar-refractivity contribution in [1.29, 1.82) is 0 Å². The van der Waals surface area contributed by atoms with Crippen molar-refractivity contribution >= 4 is 18.0 Å². The molecule has 2 rings (SSSR count). The number of rotatable bonds is 10. The average Bonchev–Trinajstić information content (AvgIpc) is 2.78. The van der Waals surface area contributed by atoms with E-state index in [-0.39, 0.29) is 6.04 Å². The van der Waals surface area contributed by atoms with Crippen LogP contribution in [0.15, 0.2) is 47.6 Å². The zero-order chi connectivity index (χ0) is 22.6. The van der Waals surface area contributed by atoms with Gasteiger partial charge in [0.1, 0.15) is 5.75 Å². The van der Waals surface area contributed by atoms with Crippen molar-refractivity contribution in [2.75, 3.05) is 20.3 Å². The van der Waals surface area contributed by atoms with Crippen LogP contribution in [0.5, 0.6) is 17.2 Å². The van der Waals surface area contributed by atoms with Crippen molar-refractivity contribution in [2.24, 2.45) is 5.10 Å². The van der Waals surface area contributed by atoms with E-state index in [1.165, 1.54) is 6.21 Å². The Morgan fingerprint density at radius 1 is 1.03 bits per heavy atom. The van der Waals surface area contributed by atoms with Gasteiger partial charge in [-0.1, -0.05) is 19.1 Å². The quantitative estimate of drug-likeness (QED) is 0.345. The van der Waals surface area contributed by atoms with Crippen LogP contribution in [0.1, 0.15) is 44.4 Å². The zero-order valence-corrected chi connectivity index (χ0v) is 18.3. The molecule has 2 aromatic carbocycles. The lowest BCUT2D eigenvalue weighted by molar-refractivity contribution is -0.139. The molecule has 8 heteroatoms. The van der Waals surface area contributed by atoms with Crippen LogP contribution in [-0.4, -0.2) is 38.4 Å². The Bertz CT molecular complexity index is 897. The predicted molar refractivity (Wildman–Crippen MR) is 119 cm³/mol. The Hall–Kier alpha value is -3.55. The van der Waals surface area contributed by atoms with E-state index in [4.69, 9.17) is 14.2 Å². The molecule has 31 heavy (non-hydrogen) atoms. The van der Waals surface area contributed by atoms with Gasteiger partial charge in [-0.05, 0) is 61.7 Å². The molecule has 2 amide bonds. The van der Waals surface area contributed by atoms with Crippen molar-refractivity contribution in [1.82, 2.24) is 10.7 Å². The van der Waals surface area contributed by atoms with Gasteiger partial charge in [-0.3, -0.25) is 9.59 Å². The van der Waals surface area contributed by atoms with Crippen LogP contribution in [0.25, 0.3) is 0 Å². The molecule has 0 fully saturated rings. The van der Waals surface area contributed by atoms with Crippen LogP contribution >= 0.6 is 0 Å². The molecule has 0 aliphatic carbocycles. The van der Waals surface area contributed by atoms with Gasteiger partial charge in [0.2, 0.25) is 0 Å². The lowest BCUT2D eigenvalue weighted by Gasteiger charge is -2.14. The number of nitrogens with zero attached hydrogens (tertiary/aromatic N) is 1. The van der Waals surface area contributed by atoms with Gasteiger partial charge in [0, 0.05) is 0 Å². The smallest absolute Gasteiger partial charge is 0.329 e. The minimum Gasteiger partial charge on any atom is -0.497 e. The van der Waals surface area contributed by atoms with Crippen LogP contribution in [0.3, 0.4) is 0 Å². The molecule has 0 bridgehead atoms. The summed E-state index contributed by atoms with van der Waals surface area (Å²) >= 11 is 0. The fourth-order valence-electron chi connectivity index (χ4n) is 2.66. The zero-order valence-electron chi connectivity index (χ0n) is 18.3. The number of benzene rings is 2. The molecule has 0 radical (unpaired) electrons. The van der Waals surface area contributed by atoms with Crippen LogP contribution in [0.2, 0.25) is 0 Å². The highest BCUT2D eigenvalue weighted by molar-refractivity contribution is 6.35. The Kier molecular flexibility index (Phi) is 9.35. The van der Waals surface area contributed by atoms with Crippen molar-refractivity contribution in [3.63, 3.8) is 0 Å². The average molecular weight is 428 g/mol. The first-order chi connectivity index (χ1) is 15.0. The van der Waals surface area contributed by atoms with Crippen molar-refractivity contribution in [2.45, 2.75) is 33.2 Å². The first-order valence-corrected chi connectivity index (χ1v) is 10.2. The number of ether oxygens (including phenoxy) is 3. The molecule has 0 aliphatic heterocycles. The molecule has 0 aromatic heterocycles. The number of amides is 2. The summed E-state index contributed by atoms with van der Waals surface area (Å²) in [5.41, 5.74) is 3.77. The minimum absolute atomic E-state index is 0.349. The van der Waals surface area contributed by atoms with Gasteiger partial charge in [-0.25, -0.2) is 5.43 Å². The second-order valence-electron chi connectivity index (χ2n) is 6.66. The third-order valence-corrected chi connectivity index (χ3v) is 4.28. The normalized spacial score (nSPS) is 11.6. The van der Waals surface area contributed by atoms with Crippen molar-refractivity contribution in [3.8, 4) is 17.2 Å². The highest BCUT2D eigenvalue weighted by Gasteiger charge is 2.16. The van der Waals surface area contributed by atoms with Crippen LogP contribution in [-0.2, 0) is 9.59 Å². The Balaban J connectivity index is 1.92. The van der Waals surface area contributed by atoms with Crippen molar-refractivity contribution in [3.05, 3.63) is 53.6 Å². The molecule has 0 unspecified atom stereocenters. The maximum Gasteiger partial charge on any atom is 0.329 e. The van der Waals surface area contributed by atoms with E-state index in [0.717, 1.165) is 12.0 Å². The highest BCUT2D eigenvalue weighted by Crippen LogP contribution is 2.28. The fourth-order valence-corrected chi connectivity index (χ4v) is 2.66. The van der Waals surface area contributed by atoms with Gasteiger partial charge >= 0.3 is 11.8 Å². The summed E-state index contributed by atoms with van der Waals surface area (Å²) in [4.78, 5) is 24.2. The number of carbonyl (C=O) groups excluding carboxylic acids is 2. The molecule has 2 aromatic rings. The van der Waals surface area contributed by atoms with Gasteiger partial charge in [0.05, 0.1) is 32.6 Å². The number of hydrazone groups is 1. The lowest BCUT2D eigenvalue weighted by atomic mass is 10.1. The molecule has 0 aliphatic rings. The standard InChI is InChI=1S/C23H29N3O5/c1-5-13-31-20-12-7-17(14-21(20)30-6-2)15-24-26-23(28)22(27)25-16(3)18-8-10-19(29-4)11-9-18/h7-12,14-16H,5-6,13H2,1-4H3,(H,25,27)(H,26,28)/b24-15-/t16-/m0/s1. The van der Waals surface area contributed by atoms with E-state index in [2.05, 4.69) is 15.8 Å². The van der Waals surface area contributed by atoms with Gasteiger partial charge in [0.25, 0.3) is 0 Å². The molecular weight excluding hydrogens is 398 g/mol. The summed E-state index contributed by atoms with van der Waals surface area (Å²) in [6.07, 6.45) is 2.32. The molecule has 0 heterocycles. The SMILES string of the molecule is CCCOc1ccc(/C=N\NC(=O)C(=O)N[C@@H](C)c2ccc(OC)cc2)cc1OCC. The fraction of sp³-hybridized carbons (Fsp3) is 0.348. The van der Waals surface area contributed by atoms with E-state index in [1.54, 1.807) is 44.4 Å². The molecule has 0 saturated heterocycles. The summed E-state index contributed by atoms with van der Waals surface area (Å²) in [5.74, 6) is 0.323. The van der Waals surface area contributed by atoms with E-state index < -0.39 is 11.8 Å². The number of hydrogen-bond donors (Lipinski definition) is 2. The van der Waals surface area contributed by atoms with Crippen molar-refractivity contribution < 1.29 is 23.8 Å². The third kappa shape index (κ3) is 7.33. The number of nitrogens with one attached hydrogen (secondary N) is 2. The number of hydrogen-bond acceptors (Lipinski definition) is 6. The second-order valence-corrected chi connectivity index (χ2v) is 6.66. The molecule has 0 saturated carbocycles. The summed E-state index contributed by atoms with van der Waals surface area (Å²) in [5, 5.41) is 6.49. The van der Waals surface area contributed by atoms with E-state index in [9.17, 15) is 9.59 Å². The second kappa shape index (κ2) is 12.2. The molecule has 8 nitrogen and oxygen atoms in total. The van der Waals surface area contributed by atoms with Gasteiger partial charge < -0.3 is 19.5 Å². The monoisotopic (exact) mass is 427 g/mol. The minimum atomic E-state index is -0.857. The molecule has 2 N–H and O–H groups in total. The van der Waals surface area contributed by atoms with E-state index >= 15 is 0 Å². The van der Waals surface area contributed by atoms with Gasteiger partial charge in [-0.15, -0.1) is 0 Å². The summed E-state index contributed by atoms with van der Waals surface area (Å²) in [6.45, 7) is 6.78. The van der Waals surface area contributed by atoms with E-state index in [1.807, 2.05) is 26.0 Å². The molecule has 166 valence electrons. The lowest BCUT2D eigenvalue weighted by Crippen LogP contribution is -2.39. The Morgan fingerprint density at radius 3 is 2.42 bits per heavy atom. The predicted octanol–water partition coefficient (Wildman–Crippen LogP) is 3.21. The number of carbonyl (C=O) groups is 2. The first-order valence-electron chi connectivity index (χ1n) is 10.2. The van der Waals surface area contributed by atoms with Gasteiger partial charge in [-0.2, -0.15) is 5.10 Å². The third-order valence-electron chi connectivity index (χ3n) is 4.28. The van der Waals surface area contributed by atoms with E-state index in [0.29, 0.717) is 36.0 Å². The summed E-state index contributed by atoms with van der Waals surface area (Å²) < 4.78 is 16.4. The Morgan fingerprint density at radius 2 is 1.77 bits per heavy atom. The first kappa shape index (κ1) is 23.7. The largest absolute Gasteiger partial charge is 0.497 e. The molecule has 1 atom stereocenters. The number of methoxy groups -OCH3 is 1.